The summed E-state index contributed by atoms with van der Waals surface area (Å²) in [5.41, 5.74) is 0.982. The van der Waals surface area contributed by atoms with E-state index in [9.17, 15) is 0 Å². The Morgan fingerprint density at radius 1 is 1.35 bits per heavy atom. The normalized spacial score (nSPS) is 24.0. The minimum Gasteiger partial charge on any atom is -0.376 e. The fourth-order valence-electron chi connectivity index (χ4n) is 2.86. The SMILES string of the molecule is CN=C(NCC1COCCO1)N1CCN(Cc2ccon2)CC1. The molecule has 1 unspecified atom stereocenters. The summed E-state index contributed by atoms with van der Waals surface area (Å²) in [5.74, 6) is 0.931. The van der Waals surface area contributed by atoms with Crippen LogP contribution in [0.5, 0.6) is 0 Å². The van der Waals surface area contributed by atoms with Gasteiger partial charge in [0.05, 0.1) is 31.6 Å². The first kappa shape index (κ1) is 16.2. The highest BCUT2D eigenvalue weighted by Gasteiger charge is 2.21. The fraction of sp³-hybridized carbons (Fsp3) is 0.733. The average Bonchev–Trinajstić information content (AvgIpc) is 3.11. The molecular formula is C15H25N5O3. The fourth-order valence-corrected chi connectivity index (χ4v) is 2.86. The Balaban J connectivity index is 1.41. The molecule has 2 aliphatic heterocycles. The van der Waals surface area contributed by atoms with Gasteiger partial charge in [0, 0.05) is 52.4 Å². The van der Waals surface area contributed by atoms with E-state index in [1.165, 1.54) is 0 Å². The van der Waals surface area contributed by atoms with Crippen LogP contribution in [0.4, 0.5) is 0 Å². The van der Waals surface area contributed by atoms with E-state index in [-0.39, 0.29) is 6.10 Å². The van der Waals surface area contributed by atoms with E-state index in [0.717, 1.165) is 50.9 Å². The van der Waals surface area contributed by atoms with Crippen molar-refractivity contribution in [3.05, 3.63) is 18.0 Å². The van der Waals surface area contributed by atoms with Gasteiger partial charge >= 0.3 is 0 Å². The van der Waals surface area contributed by atoms with Gasteiger partial charge in [-0.3, -0.25) is 9.89 Å². The van der Waals surface area contributed by atoms with Gasteiger partial charge in [-0.15, -0.1) is 0 Å². The molecule has 1 aromatic heterocycles. The molecule has 0 amide bonds. The van der Waals surface area contributed by atoms with E-state index in [0.29, 0.717) is 19.8 Å². The number of guanidine groups is 1. The first-order valence-electron chi connectivity index (χ1n) is 8.11. The number of aromatic nitrogens is 1. The number of nitrogens with one attached hydrogen (secondary N) is 1. The maximum absolute atomic E-state index is 5.65. The molecule has 2 aliphatic rings. The van der Waals surface area contributed by atoms with Crippen LogP contribution in [-0.4, -0.2) is 86.6 Å². The summed E-state index contributed by atoms with van der Waals surface area (Å²) in [6.45, 7) is 7.43. The van der Waals surface area contributed by atoms with E-state index in [1.807, 2.05) is 13.1 Å². The van der Waals surface area contributed by atoms with E-state index in [4.69, 9.17) is 14.0 Å². The van der Waals surface area contributed by atoms with Crippen molar-refractivity contribution >= 4 is 5.96 Å². The van der Waals surface area contributed by atoms with Crippen LogP contribution in [0.15, 0.2) is 21.8 Å². The Hall–Kier alpha value is -1.64. The molecule has 1 N–H and O–H groups in total. The summed E-state index contributed by atoms with van der Waals surface area (Å²) >= 11 is 0. The molecule has 1 atom stereocenters. The van der Waals surface area contributed by atoms with Gasteiger partial charge in [0.2, 0.25) is 0 Å². The van der Waals surface area contributed by atoms with Crippen molar-refractivity contribution in [3.63, 3.8) is 0 Å². The van der Waals surface area contributed by atoms with E-state index < -0.39 is 0 Å². The monoisotopic (exact) mass is 323 g/mol. The Bertz CT molecular complexity index is 479. The van der Waals surface area contributed by atoms with Gasteiger partial charge in [-0.25, -0.2) is 0 Å². The van der Waals surface area contributed by atoms with Crippen molar-refractivity contribution in [3.8, 4) is 0 Å². The number of hydrogen-bond donors (Lipinski definition) is 1. The van der Waals surface area contributed by atoms with Gasteiger partial charge in [0.25, 0.3) is 0 Å². The largest absolute Gasteiger partial charge is 0.376 e. The second-order valence-corrected chi connectivity index (χ2v) is 5.75. The molecule has 8 nitrogen and oxygen atoms in total. The third-order valence-electron chi connectivity index (χ3n) is 4.13. The van der Waals surface area contributed by atoms with Crippen molar-refractivity contribution < 1.29 is 14.0 Å². The second kappa shape index (κ2) is 8.28. The molecular weight excluding hydrogens is 298 g/mol. The predicted molar refractivity (Wildman–Crippen MR) is 85.3 cm³/mol. The van der Waals surface area contributed by atoms with Gasteiger partial charge in [-0.2, -0.15) is 0 Å². The maximum Gasteiger partial charge on any atom is 0.193 e. The van der Waals surface area contributed by atoms with Gasteiger partial charge in [-0.1, -0.05) is 5.16 Å². The van der Waals surface area contributed by atoms with Crippen molar-refractivity contribution in [2.45, 2.75) is 12.6 Å². The van der Waals surface area contributed by atoms with Crippen molar-refractivity contribution in [1.82, 2.24) is 20.3 Å². The number of rotatable bonds is 4. The summed E-state index contributed by atoms with van der Waals surface area (Å²) in [5, 5.41) is 7.36. The molecule has 2 fully saturated rings. The van der Waals surface area contributed by atoms with E-state index in [1.54, 1.807) is 6.26 Å². The maximum atomic E-state index is 5.65. The second-order valence-electron chi connectivity index (χ2n) is 5.75. The van der Waals surface area contributed by atoms with E-state index >= 15 is 0 Å². The predicted octanol–water partition coefficient (Wildman–Crippen LogP) is -0.217. The molecule has 0 aliphatic carbocycles. The molecule has 3 heterocycles. The Kier molecular flexibility index (Phi) is 5.84. The Morgan fingerprint density at radius 3 is 2.87 bits per heavy atom. The molecule has 0 saturated carbocycles. The molecule has 0 spiro atoms. The third-order valence-corrected chi connectivity index (χ3v) is 4.13. The van der Waals surface area contributed by atoms with Gasteiger partial charge in [-0.05, 0) is 0 Å². The lowest BCUT2D eigenvalue weighted by atomic mass is 10.3. The van der Waals surface area contributed by atoms with Crippen LogP contribution in [0, 0.1) is 0 Å². The number of nitrogens with zero attached hydrogens (tertiary/aromatic N) is 4. The summed E-state index contributed by atoms with van der Waals surface area (Å²) < 4.78 is 16.0. The topological polar surface area (TPSA) is 75.4 Å². The summed E-state index contributed by atoms with van der Waals surface area (Å²) in [7, 11) is 1.82. The Morgan fingerprint density at radius 2 is 2.22 bits per heavy atom. The van der Waals surface area contributed by atoms with Gasteiger partial charge < -0.3 is 24.2 Å². The number of ether oxygens (including phenoxy) is 2. The van der Waals surface area contributed by atoms with Crippen LogP contribution in [0.25, 0.3) is 0 Å². The van der Waals surface area contributed by atoms with Crippen molar-refractivity contribution in [1.29, 1.82) is 0 Å². The highest BCUT2D eigenvalue weighted by molar-refractivity contribution is 5.80. The number of hydrogen-bond acceptors (Lipinski definition) is 6. The van der Waals surface area contributed by atoms with Crippen LogP contribution in [0.1, 0.15) is 5.69 Å². The summed E-state index contributed by atoms with van der Waals surface area (Å²) in [6, 6.07) is 1.92. The molecule has 23 heavy (non-hydrogen) atoms. The third kappa shape index (κ3) is 4.66. The zero-order valence-corrected chi connectivity index (χ0v) is 13.6. The quantitative estimate of drug-likeness (QED) is 0.606. The first-order chi connectivity index (χ1) is 11.3. The lowest BCUT2D eigenvalue weighted by molar-refractivity contribution is -0.0852. The summed E-state index contributed by atoms with van der Waals surface area (Å²) in [6.07, 6.45) is 1.72. The van der Waals surface area contributed by atoms with Crippen LogP contribution < -0.4 is 5.32 Å². The summed E-state index contributed by atoms with van der Waals surface area (Å²) in [4.78, 5) is 9.04. The first-order valence-corrected chi connectivity index (χ1v) is 8.11. The zero-order valence-electron chi connectivity index (χ0n) is 13.6. The standard InChI is InChI=1S/C15H25N5O3/c1-16-15(17-10-14-12-21-8-9-22-14)20-5-3-19(4-6-20)11-13-2-7-23-18-13/h2,7,14H,3-6,8-12H2,1H3,(H,16,17). The molecule has 2 saturated heterocycles. The van der Waals surface area contributed by atoms with Crippen LogP contribution >= 0.6 is 0 Å². The van der Waals surface area contributed by atoms with Crippen LogP contribution in [0.3, 0.4) is 0 Å². The molecule has 0 radical (unpaired) electrons. The number of aliphatic imine (C=N–C) groups is 1. The molecule has 3 rings (SSSR count). The van der Waals surface area contributed by atoms with Gasteiger partial charge in [0.15, 0.2) is 5.96 Å². The highest BCUT2D eigenvalue weighted by Crippen LogP contribution is 2.07. The van der Waals surface area contributed by atoms with Crippen molar-refractivity contribution in [2.24, 2.45) is 4.99 Å². The molecule has 1 aromatic rings. The molecule has 128 valence electrons. The number of piperazine rings is 1. The lowest BCUT2D eigenvalue weighted by Crippen LogP contribution is -2.53. The average molecular weight is 323 g/mol. The van der Waals surface area contributed by atoms with Crippen LogP contribution in [-0.2, 0) is 16.0 Å². The van der Waals surface area contributed by atoms with Crippen molar-refractivity contribution in [2.75, 3.05) is 59.6 Å². The lowest BCUT2D eigenvalue weighted by Gasteiger charge is -2.36. The highest BCUT2D eigenvalue weighted by atomic mass is 16.6. The van der Waals surface area contributed by atoms with E-state index in [2.05, 4.69) is 25.3 Å². The minimum atomic E-state index is 0.106. The molecule has 0 aromatic carbocycles. The van der Waals surface area contributed by atoms with Crippen LogP contribution in [0.2, 0.25) is 0 Å². The Labute approximate surface area is 136 Å². The molecule has 8 heteroatoms. The minimum absolute atomic E-state index is 0.106. The smallest absolute Gasteiger partial charge is 0.193 e. The van der Waals surface area contributed by atoms with Gasteiger partial charge in [0.1, 0.15) is 6.26 Å². The molecule has 0 bridgehead atoms. The zero-order chi connectivity index (χ0) is 15.9.